The number of nitrogens with one attached hydrogen (secondary N) is 2. The van der Waals surface area contributed by atoms with Gasteiger partial charge in [0.25, 0.3) is 11.8 Å². The van der Waals surface area contributed by atoms with Crippen molar-refractivity contribution in [1.82, 2.24) is 14.8 Å². The maximum Gasteiger partial charge on any atom is 0.269 e. The first-order valence-electron chi connectivity index (χ1n) is 9.31. The number of carbonyl (C=O) groups is 2. The summed E-state index contributed by atoms with van der Waals surface area (Å²) in [5, 5.41) is 10.7. The highest BCUT2D eigenvalue weighted by Crippen LogP contribution is 2.19. The molecule has 0 spiro atoms. The van der Waals surface area contributed by atoms with E-state index in [4.69, 9.17) is 11.1 Å². The molecule has 1 fully saturated rings. The van der Waals surface area contributed by atoms with Gasteiger partial charge in [0.15, 0.2) is 0 Å². The molecule has 0 aliphatic carbocycles. The third-order valence-electron chi connectivity index (χ3n) is 4.45. The van der Waals surface area contributed by atoms with E-state index in [1.54, 1.807) is 42.1 Å². The minimum Gasteiger partial charge on any atom is -0.394 e. The van der Waals surface area contributed by atoms with Crippen LogP contribution in [0.4, 0.5) is 5.82 Å². The van der Waals surface area contributed by atoms with Crippen LogP contribution in [0.1, 0.15) is 44.5 Å². The van der Waals surface area contributed by atoms with Gasteiger partial charge in [0.2, 0.25) is 0 Å². The van der Waals surface area contributed by atoms with Crippen molar-refractivity contribution in [2.24, 2.45) is 5.73 Å². The molecule has 0 unspecified atom stereocenters. The second-order valence-electron chi connectivity index (χ2n) is 8.20. The number of carbonyl (C=O) groups excluding carboxylic acids is 2. The first kappa shape index (κ1) is 21.4. The van der Waals surface area contributed by atoms with Crippen LogP contribution < -0.4 is 11.1 Å². The Morgan fingerprint density at radius 3 is 2.61 bits per heavy atom. The van der Waals surface area contributed by atoms with E-state index in [9.17, 15) is 9.59 Å². The molecule has 0 saturated carbocycles. The molecule has 8 heteroatoms. The fraction of sp³-hybridized carbons (Fsp3) is 0.500. The maximum absolute atomic E-state index is 12.8. The third-order valence-corrected chi connectivity index (χ3v) is 4.45. The minimum absolute atomic E-state index is 0.0333. The van der Waals surface area contributed by atoms with E-state index >= 15 is 0 Å². The quantitative estimate of drug-likeness (QED) is 0.528. The molecule has 1 aromatic heterocycles. The summed E-state index contributed by atoms with van der Waals surface area (Å²) in [7, 11) is 1.68. The number of likely N-dealkylation sites (tertiary alicyclic amines) is 1. The van der Waals surface area contributed by atoms with Gasteiger partial charge in [-0.2, -0.15) is 0 Å². The molecule has 0 bridgehead atoms. The van der Waals surface area contributed by atoms with E-state index in [1.807, 2.05) is 20.8 Å². The Balaban J connectivity index is 2.00. The van der Waals surface area contributed by atoms with Gasteiger partial charge >= 0.3 is 0 Å². The SMILES string of the molecule is CC(=N)/C=C(\N)C(=O)N(C)[C@H]1CCN(C(=O)c2ccc(NC(C)(C)C)nc2)C1. The largest absolute Gasteiger partial charge is 0.394 e. The molecule has 1 saturated heterocycles. The van der Waals surface area contributed by atoms with E-state index in [-0.39, 0.29) is 34.8 Å². The van der Waals surface area contributed by atoms with Gasteiger partial charge in [-0.25, -0.2) is 4.98 Å². The predicted molar refractivity (Wildman–Crippen MR) is 110 cm³/mol. The average molecular weight is 387 g/mol. The van der Waals surface area contributed by atoms with Crippen molar-refractivity contribution in [2.45, 2.75) is 45.7 Å². The highest BCUT2D eigenvalue weighted by molar-refractivity contribution is 6.01. The van der Waals surface area contributed by atoms with Crippen LogP contribution in [0.15, 0.2) is 30.1 Å². The minimum atomic E-state index is -0.329. The molecule has 2 heterocycles. The molecule has 2 amide bonds. The number of nitrogens with two attached hydrogens (primary N) is 1. The van der Waals surface area contributed by atoms with Crippen molar-refractivity contribution in [3.8, 4) is 0 Å². The lowest BCUT2D eigenvalue weighted by molar-refractivity contribution is -0.127. The summed E-state index contributed by atoms with van der Waals surface area (Å²) >= 11 is 0. The maximum atomic E-state index is 12.8. The highest BCUT2D eigenvalue weighted by atomic mass is 16.2. The first-order valence-corrected chi connectivity index (χ1v) is 9.31. The van der Waals surface area contributed by atoms with Crippen molar-refractivity contribution in [1.29, 1.82) is 5.41 Å². The van der Waals surface area contributed by atoms with Gasteiger partial charge in [0.05, 0.1) is 17.3 Å². The van der Waals surface area contributed by atoms with Gasteiger partial charge in [-0.15, -0.1) is 0 Å². The van der Waals surface area contributed by atoms with E-state index < -0.39 is 0 Å². The highest BCUT2D eigenvalue weighted by Gasteiger charge is 2.32. The number of hydrogen-bond donors (Lipinski definition) is 3. The van der Waals surface area contributed by atoms with Gasteiger partial charge in [0, 0.05) is 37.6 Å². The van der Waals surface area contributed by atoms with Crippen molar-refractivity contribution in [3.63, 3.8) is 0 Å². The van der Waals surface area contributed by atoms with E-state index in [2.05, 4.69) is 10.3 Å². The van der Waals surface area contributed by atoms with Gasteiger partial charge in [-0.3, -0.25) is 9.59 Å². The molecule has 1 aliphatic heterocycles. The number of anilines is 1. The second kappa shape index (κ2) is 8.41. The number of allylic oxidation sites excluding steroid dienone is 1. The number of rotatable bonds is 5. The molecule has 4 N–H and O–H groups in total. The average Bonchev–Trinajstić information content (AvgIpc) is 3.08. The number of amides is 2. The Morgan fingerprint density at radius 1 is 1.39 bits per heavy atom. The van der Waals surface area contributed by atoms with Crippen molar-refractivity contribution < 1.29 is 9.59 Å². The second-order valence-corrected chi connectivity index (χ2v) is 8.20. The van der Waals surface area contributed by atoms with E-state index in [0.717, 1.165) is 5.82 Å². The first-order chi connectivity index (χ1) is 13.0. The van der Waals surface area contributed by atoms with Gasteiger partial charge in [-0.05, 0) is 52.3 Å². The Bertz CT molecular complexity index is 779. The number of nitrogens with zero attached hydrogens (tertiary/aromatic N) is 3. The van der Waals surface area contributed by atoms with Crippen LogP contribution in [0, 0.1) is 5.41 Å². The summed E-state index contributed by atoms with van der Waals surface area (Å²) < 4.78 is 0. The van der Waals surface area contributed by atoms with Crippen LogP contribution in [0.25, 0.3) is 0 Å². The fourth-order valence-corrected chi connectivity index (χ4v) is 3.07. The van der Waals surface area contributed by atoms with Gasteiger partial charge in [-0.1, -0.05) is 0 Å². The smallest absolute Gasteiger partial charge is 0.269 e. The summed E-state index contributed by atoms with van der Waals surface area (Å²) in [6, 6.07) is 3.45. The molecule has 152 valence electrons. The summed E-state index contributed by atoms with van der Waals surface area (Å²) in [6.45, 7) is 8.70. The Labute approximate surface area is 166 Å². The predicted octanol–water partition coefficient (Wildman–Crippen LogP) is 1.85. The normalized spacial score (nSPS) is 17.4. The molecule has 2 rings (SSSR count). The van der Waals surface area contributed by atoms with E-state index in [1.165, 1.54) is 6.08 Å². The van der Waals surface area contributed by atoms with Crippen LogP contribution in [-0.2, 0) is 4.79 Å². The summed E-state index contributed by atoms with van der Waals surface area (Å²) in [5.74, 6) is 0.291. The van der Waals surface area contributed by atoms with Crippen molar-refractivity contribution >= 4 is 23.3 Å². The van der Waals surface area contributed by atoms with Crippen LogP contribution >= 0.6 is 0 Å². The fourth-order valence-electron chi connectivity index (χ4n) is 3.07. The molecule has 1 aliphatic rings. The lowest BCUT2D eigenvalue weighted by atomic mass is 10.1. The lowest BCUT2D eigenvalue weighted by Gasteiger charge is -2.25. The number of pyridine rings is 1. The summed E-state index contributed by atoms with van der Waals surface area (Å²) in [6.07, 6.45) is 3.60. The Kier molecular flexibility index (Phi) is 6.43. The van der Waals surface area contributed by atoms with Crippen LogP contribution in [-0.4, -0.2) is 64.0 Å². The zero-order valence-corrected chi connectivity index (χ0v) is 17.2. The monoisotopic (exact) mass is 386 g/mol. The zero-order chi connectivity index (χ0) is 21.1. The van der Waals surface area contributed by atoms with Crippen LogP contribution in [0.2, 0.25) is 0 Å². The van der Waals surface area contributed by atoms with Crippen LogP contribution in [0.3, 0.4) is 0 Å². The molecular formula is C20H30N6O2. The number of likely N-dealkylation sites (N-methyl/N-ethyl adjacent to an activating group) is 1. The molecular weight excluding hydrogens is 356 g/mol. The number of hydrogen-bond acceptors (Lipinski definition) is 6. The third kappa shape index (κ3) is 5.55. The topological polar surface area (TPSA) is 115 Å². The molecule has 1 aromatic rings. The molecule has 0 aromatic carbocycles. The zero-order valence-electron chi connectivity index (χ0n) is 17.2. The molecule has 28 heavy (non-hydrogen) atoms. The van der Waals surface area contributed by atoms with Gasteiger partial charge < -0.3 is 26.3 Å². The standard InChI is InChI=1S/C20H30N6O2/c1-13(21)10-16(22)19(28)25(5)15-8-9-26(12-15)18(27)14-6-7-17(23-11-14)24-20(2,3)4/h6-7,10-11,15,21H,8-9,12,22H2,1-5H3,(H,23,24)/b16-10-,21-13?/t15-/m0/s1. The van der Waals surface area contributed by atoms with Crippen molar-refractivity contribution in [3.05, 3.63) is 35.7 Å². The van der Waals surface area contributed by atoms with Crippen molar-refractivity contribution in [2.75, 3.05) is 25.5 Å². The molecule has 0 radical (unpaired) electrons. The summed E-state index contributed by atoms with van der Waals surface area (Å²) in [4.78, 5) is 32.7. The summed E-state index contributed by atoms with van der Waals surface area (Å²) in [5.41, 5.74) is 6.43. The van der Waals surface area contributed by atoms with Crippen LogP contribution in [0.5, 0.6) is 0 Å². The number of aromatic nitrogens is 1. The van der Waals surface area contributed by atoms with Gasteiger partial charge in [0.1, 0.15) is 5.82 Å². The Morgan fingerprint density at radius 2 is 2.07 bits per heavy atom. The van der Waals surface area contributed by atoms with E-state index in [0.29, 0.717) is 25.1 Å². The molecule has 1 atom stereocenters. The Hall–Kier alpha value is -2.90. The lowest BCUT2D eigenvalue weighted by Crippen LogP contribution is -2.42. The molecule has 8 nitrogen and oxygen atoms in total.